The average Bonchev–Trinajstić information content (AvgIpc) is 2.96. The molecule has 0 N–H and O–H groups in total. The maximum absolute atomic E-state index is 11.8. The predicted molar refractivity (Wildman–Crippen MR) is 149 cm³/mol. The second kappa shape index (κ2) is 13.8. The summed E-state index contributed by atoms with van der Waals surface area (Å²) in [5, 5.41) is 0. The fourth-order valence-corrected chi connectivity index (χ4v) is 5.80. The summed E-state index contributed by atoms with van der Waals surface area (Å²) in [6, 6.07) is 29.8. The van der Waals surface area contributed by atoms with E-state index in [4.69, 9.17) is 27.9 Å². The van der Waals surface area contributed by atoms with E-state index in [-0.39, 0.29) is 13.2 Å². The molecule has 3 aromatic carbocycles. The van der Waals surface area contributed by atoms with Crippen LogP contribution in [0.5, 0.6) is 0 Å². The lowest BCUT2D eigenvalue weighted by molar-refractivity contribution is -0.289. The van der Waals surface area contributed by atoms with Crippen molar-refractivity contribution in [3.8, 4) is 0 Å². The summed E-state index contributed by atoms with van der Waals surface area (Å²) >= 11 is 0. The van der Waals surface area contributed by atoms with Gasteiger partial charge in [0.25, 0.3) is 10.1 Å². The maximum Gasteiger partial charge on any atom is 0.264 e. The minimum absolute atomic E-state index is 0.114. The van der Waals surface area contributed by atoms with Crippen LogP contribution in [0.25, 0.3) is 0 Å². The van der Waals surface area contributed by atoms with Crippen LogP contribution >= 0.6 is 0 Å². The van der Waals surface area contributed by atoms with E-state index in [9.17, 15) is 8.42 Å². The van der Waals surface area contributed by atoms with Gasteiger partial charge in [0.15, 0.2) is 0 Å². The largest absolute Gasteiger partial charge is 0.374 e. The third-order valence-electron chi connectivity index (χ3n) is 6.97. The number of fused-ring (bicyclic) bond motifs is 1. The van der Waals surface area contributed by atoms with E-state index in [1.165, 1.54) is 0 Å². The van der Waals surface area contributed by atoms with E-state index in [0.717, 1.165) is 22.9 Å². The first-order valence-electron chi connectivity index (χ1n) is 13.5. The highest BCUT2D eigenvalue weighted by atomic mass is 32.2. The molecule has 5 rings (SSSR count). The normalized spacial score (nSPS) is 26.7. The molecule has 2 saturated heterocycles. The van der Waals surface area contributed by atoms with E-state index < -0.39 is 46.7 Å². The van der Waals surface area contributed by atoms with Crippen molar-refractivity contribution in [2.75, 3.05) is 19.5 Å². The second-order valence-corrected chi connectivity index (χ2v) is 11.8. The van der Waals surface area contributed by atoms with Gasteiger partial charge < -0.3 is 23.7 Å². The molecular weight excluding hydrogens is 532 g/mol. The highest BCUT2D eigenvalue weighted by Gasteiger charge is 2.51. The fourth-order valence-electron chi connectivity index (χ4n) is 5.17. The van der Waals surface area contributed by atoms with Crippen LogP contribution in [0, 0.1) is 0 Å². The minimum atomic E-state index is -3.65. The molecule has 0 saturated carbocycles. The number of hydrogen-bond donors (Lipinski definition) is 0. The van der Waals surface area contributed by atoms with Gasteiger partial charge in [-0.2, -0.15) is 8.42 Å². The molecule has 9 heteroatoms. The standard InChI is InChI=1S/C31H36O8S/c1-40(32,33)39-26-17-27-29(37-21-26)31(36-20-25-15-9-4-10-16-25)30(35-19-24-13-7-3-8-14-24)28(38-27)22-34-18-23-11-5-2-6-12-23/h2-16,26-31H,17-22H2,1H3/t26-,27-,28+,29-,30+,31+/m0/s1. The number of hydrogen-bond acceptors (Lipinski definition) is 8. The summed E-state index contributed by atoms with van der Waals surface area (Å²) in [5.74, 6) is 0. The van der Waals surface area contributed by atoms with Gasteiger partial charge in [0.2, 0.25) is 0 Å². The molecule has 6 atom stereocenters. The molecule has 40 heavy (non-hydrogen) atoms. The summed E-state index contributed by atoms with van der Waals surface area (Å²) in [7, 11) is -3.65. The topological polar surface area (TPSA) is 89.5 Å². The average molecular weight is 569 g/mol. The van der Waals surface area contributed by atoms with Crippen LogP contribution in [0.3, 0.4) is 0 Å². The highest BCUT2D eigenvalue weighted by Crippen LogP contribution is 2.35. The van der Waals surface area contributed by atoms with Crippen LogP contribution in [0.4, 0.5) is 0 Å². The van der Waals surface area contributed by atoms with E-state index in [0.29, 0.717) is 26.2 Å². The molecule has 0 radical (unpaired) electrons. The molecule has 0 spiro atoms. The molecule has 3 aromatic rings. The van der Waals surface area contributed by atoms with E-state index in [1.807, 2.05) is 91.0 Å². The van der Waals surface area contributed by atoms with Gasteiger partial charge in [-0.05, 0) is 16.7 Å². The molecule has 2 heterocycles. The first-order valence-corrected chi connectivity index (χ1v) is 15.3. The zero-order valence-electron chi connectivity index (χ0n) is 22.5. The van der Waals surface area contributed by atoms with Crippen LogP contribution in [0.2, 0.25) is 0 Å². The van der Waals surface area contributed by atoms with Crippen molar-refractivity contribution in [3.05, 3.63) is 108 Å². The zero-order chi connectivity index (χ0) is 27.8. The van der Waals surface area contributed by atoms with Crippen molar-refractivity contribution in [1.82, 2.24) is 0 Å². The van der Waals surface area contributed by atoms with E-state index in [2.05, 4.69) is 0 Å². The Morgan fingerprint density at radius 3 is 1.82 bits per heavy atom. The quantitative estimate of drug-likeness (QED) is 0.299. The van der Waals surface area contributed by atoms with Crippen LogP contribution in [0.15, 0.2) is 91.0 Å². The molecule has 2 aliphatic heterocycles. The third-order valence-corrected chi connectivity index (χ3v) is 7.60. The van der Waals surface area contributed by atoms with Gasteiger partial charge in [0.05, 0.1) is 45.4 Å². The Hall–Kier alpha value is -2.63. The second-order valence-electron chi connectivity index (χ2n) is 10.2. The summed E-state index contributed by atoms with van der Waals surface area (Å²) in [5.41, 5.74) is 3.11. The minimum Gasteiger partial charge on any atom is -0.374 e. The number of benzene rings is 3. The lowest BCUT2D eigenvalue weighted by atomic mass is 9.90. The Morgan fingerprint density at radius 2 is 1.27 bits per heavy atom. The maximum atomic E-state index is 11.8. The molecule has 0 unspecified atom stereocenters. The van der Waals surface area contributed by atoms with Crippen molar-refractivity contribution >= 4 is 10.1 Å². The van der Waals surface area contributed by atoms with Crippen LogP contribution < -0.4 is 0 Å². The first-order chi connectivity index (χ1) is 19.4. The molecule has 2 aliphatic rings. The molecular formula is C31H36O8S. The van der Waals surface area contributed by atoms with Gasteiger partial charge in [-0.1, -0.05) is 91.0 Å². The SMILES string of the molecule is CS(=O)(=O)O[C@@H]1CO[C@@H]2[C@@H](OCc3ccccc3)[C@H](OCc3ccccc3)[C@@H](COCc3ccccc3)O[C@H]2C1. The zero-order valence-corrected chi connectivity index (χ0v) is 23.4. The molecule has 0 aliphatic carbocycles. The first kappa shape index (κ1) is 28.9. The molecule has 0 aromatic heterocycles. The predicted octanol–water partition coefficient (Wildman–Crippen LogP) is 4.28. The van der Waals surface area contributed by atoms with Crippen LogP contribution in [-0.2, 0) is 57.8 Å². The molecule has 214 valence electrons. The van der Waals surface area contributed by atoms with Gasteiger partial charge in [-0.3, -0.25) is 4.18 Å². The van der Waals surface area contributed by atoms with Crippen molar-refractivity contribution in [3.63, 3.8) is 0 Å². The Balaban J connectivity index is 1.36. The summed E-state index contributed by atoms with van der Waals surface area (Å²) in [6.07, 6.45) is -1.62. The fraction of sp³-hybridized carbons (Fsp3) is 0.419. The Kier molecular flexibility index (Phi) is 9.98. The van der Waals surface area contributed by atoms with Gasteiger partial charge in [0.1, 0.15) is 30.5 Å². The van der Waals surface area contributed by atoms with Gasteiger partial charge in [0, 0.05) is 6.42 Å². The van der Waals surface area contributed by atoms with Gasteiger partial charge in [-0.15, -0.1) is 0 Å². The Morgan fingerprint density at radius 1 is 0.750 bits per heavy atom. The van der Waals surface area contributed by atoms with Crippen molar-refractivity contribution in [2.45, 2.75) is 62.9 Å². The van der Waals surface area contributed by atoms with Crippen molar-refractivity contribution in [1.29, 1.82) is 0 Å². The summed E-state index contributed by atoms with van der Waals surface area (Å²) in [6.45, 7) is 1.53. The highest BCUT2D eigenvalue weighted by molar-refractivity contribution is 7.86. The van der Waals surface area contributed by atoms with Gasteiger partial charge >= 0.3 is 0 Å². The third kappa shape index (κ3) is 8.20. The smallest absolute Gasteiger partial charge is 0.264 e. The summed E-state index contributed by atoms with van der Waals surface area (Å²) < 4.78 is 60.7. The lowest BCUT2D eigenvalue weighted by Gasteiger charge is -2.49. The van der Waals surface area contributed by atoms with Crippen molar-refractivity contribution in [2.24, 2.45) is 0 Å². The lowest BCUT2D eigenvalue weighted by Crippen LogP contribution is -2.63. The molecule has 0 bridgehead atoms. The van der Waals surface area contributed by atoms with Crippen molar-refractivity contribution < 1.29 is 36.3 Å². The van der Waals surface area contributed by atoms with E-state index in [1.54, 1.807) is 0 Å². The van der Waals surface area contributed by atoms with E-state index >= 15 is 0 Å². The van der Waals surface area contributed by atoms with Crippen LogP contribution in [0.1, 0.15) is 23.1 Å². The molecule has 2 fully saturated rings. The Bertz CT molecular complexity index is 1270. The number of ether oxygens (including phenoxy) is 5. The Labute approximate surface area is 236 Å². The number of rotatable bonds is 12. The van der Waals surface area contributed by atoms with Crippen LogP contribution in [-0.4, -0.2) is 64.5 Å². The summed E-state index contributed by atoms with van der Waals surface area (Å²) in [4.78, 5) is 0. The molecule has 8 nitrogen and oxygen atoms in total. The molecule has 0 amide bonds. The monoisotopic (exact) mass is 568 g/mol. The van der Waals surface area contributed by atoms with Gasteiger partial charge in [-0.25, -0.2) is 0 Å².